The molecule has 1 aliphatic rings. The Labute approximate surface area is 204 Å². The Morgan fingerprint density at radius 3 is 2.44 bits per heavy atom. The maximum atomic E-state index is 12.4. The zero-order valence-electron chi connectivity index (χ0n) is 19.1. The van der Waals surface area contributed by atoms with Crippen molar-refractivity contribution in [2.24, 2.45) is 5.92 Å². The van der Waals surface area contributed by atoms with Crippen LogP contribution < -0.4 is 10.7 Å². The third-order valence-corrected chi connectivity index (χ3v) is 5.07. The number of anilines is 1. The number of hydrogen-bond acceptors (Lipinski definition) is 9. The number of hydrogen-bond donors (Lipinski definition) is 2. The van der Waals surface area contributed by atoms with Gasteiger partial charge >= 0.3 is 11.9 Å². The lowest BCUT2D eigenvalue weighted by Gasteiger charge is -2.17. The van der Waals surface area contributed by atoms with Crippen molar-refractivity contribution in [3.05, 3.63) is 69.8 Å². The van der Waals surface area contributed by atoms with Gasteiger partial charge in [-0.05, 0) is 37.3 Å². The Kier molecular flexibility index (Phi) is 8.28. The number of nitro benzene ring substituents is 1. The van der Waals surface area contributed by atoms with Crippen LogP contribution in [0.3, 0.4) is 0 Å². The molecule has 0 aliphatic carbocycles. The van der Waals surface area contributed by atoms with Gasteiger partial charge in [-0.3, -0.25) is 39.7 Å². The number of nitro groups is 1. The van der Waals surface area contributed by atoms with Gasteiger partial charge in [0.2, 0.25) is 5.91 Å². The van der Waals surface area contributed by atoms with Crippen molar-refractivity contribution in [1.82, 2.24) is 10.4 Å². The van der Waals surface area contributed by atoms with Crippen LogP contribution in [0.1, 0.15) is 34.1 Å². The number of hydrazine groups is 1. The van der Waals surface area contributed by atoms with E-state index in [0.717, 1.165) is 11.1 Å². The maximum Gasteiger partial charge on any atom is 0.338 e. The van der Waals surface area contributed by atoms with Crippen LogP contribution in [0.2, 0.25) is 0 Å². The zero-order chi connectivity index (χ0) is 26.2. The molecule has 3 rings (SSSR count). The van der Waals surface area contributed by atoms with Gasteiger partial charge in [0.05, 0.1) is 29.6 Å². The number of carbonyl (C=O) groups is 5. The molecule has 2 N–H and O–H groups in total. The molecule has 1 aliphatic heterocycles. The second kappa shape index (κ2) is 11.6. The van der Waals surface area contributed by atoms with E-state index in [1.807, 2.05) is 0 Å². The van der Waals surface area contributed by atoms with Gasteiger partial charge in [-0.15, -0.1) is 0 Å². The molecule has 13 heteroatoms. The van der Waals surface area contributed by atoms with Gasteiger partial charge in [-0.1, -0.05) is 12.1 Å². The predicted octanol–water partition coefficient (Wildman–Crippen LogP) is 1.45. The van der Waals surface area contributed by atoms with E-state index in [1.54, 1.807) is 6.92 Å². The first-order chi connectivity index (χ1) is 17.2. The fraction of sp³-hybridized carbons (Fsp3) is 0.261. The summed E-state index contributed by atoms with van der Waals surface area (Å²) in [7, 11) is 0. The van der Waals surface area contributed by atoms with Gasteiger partial charge in [-0.25, -0.2) is 4.79 Å². The van der Waals surface area contributed by atoms with Crippen molar-refractivity contribution in [3.8, 4) is 0 Å². The number of nitrogens with one attached hydrogen (secondary N) is 2. The van der Waals surface area contributed by atoms with Crippen LogP contribution in [-0.4, -0.2) is 59.4 Å². The van der Waals surface area contributed by atoms with E-state index in [1.165, 1.54) is 42.5 Å². The first-order valence-electron chi connectivity index (χ1n) is 10.8. The second-order valence-corrected chi connectivity index (χ2v) is 7.57. The molecule has 1 heterocycles. The van der Waals surface area contributed by atoms with Gasteiger partial charge in [0.1, 0.15) is 5.56 Å². The van der Waals surface area contributed by atoms with Crippen molar-refractivity contribution in [2.45, 2.75) is 13.3 Å². The molecule has 2 aromatic carbocycles. The summed E-state index contributed by atoms with van der Waals surface area (Å²) < 4.78 is 9.86. The van der Waals surface area contributed by atoms with Gasteiger partial charge in [0.25, 0.3) is 17.5 Å². The van der Waals surface area contributed by atoms with E-state index in [0.29, 0.717) is 11.3 Å². The highest BCUT2D eigenvalue weighted by atomic mass is 16.6. The molecule has 0 bridgehead atoms. The highest BCUT2D eigenvalue weighted by Crippen LogP contribution is 2.21. The van der Waals surface area contributed by atoms with E-state index < -0.39 is 52.8 Å². The molecule has 0 unspecified atom stereocenters. The number of para-hydroxylation sites is 1. The van der Waals surface area contributed by atoms with Gasteiger partial charge < -0.3 is 14.8 Å². The third-order valence-electron chi connectivity index (χ3n) is 5.07. The van der Waals surface area contributed by atoms with Crippen LogP contribution in [0.15, 0.2) is 48.5 Å². The number of benzene rings is 2. The Morgan fingerprint density at radius 1 is 1.08 bits per heavy atom. The van der Waals surface area contributed by atoms with Crippen LogP contribution in [0.4, 0.5) is 11.4 Å². The fourth-order valence-corrected chi connectivity index (χ4v) is 3.34. The van der Waals surface area contributed by atoms with E-state index in [9.17, 15) is 34.1 Å². The molecular weight excluding hydrogens is 476 g/mol. The Balaban J connectivity index is 1.49. The Hall–Kier alpha value is -4.81. The SMILES string of the molecule is CCOC(=O)c1ccc(NC(=O)COC(=O)[C@@H]2CC(=O)N(NC(=O)c3ccccc3[N+](=O)[O-])C2)cc1. The van der Waals surface area contributed by atoms with Crippen LogP contribution in [0, 0.1) is 16.0 Å². The zero-order valence-corrected chi connectivity index (χ0v) is 19.1. The van der Waals surface area contributed by atoms with Crippen LogP contribution in [0.25, 0.3) is 0 Å². The minimum absolute atomic E-state index is 0.221. The summed E-state index contributed by atoms with van der Waals surface area (Å²) >= 11 is 0. The summed E-state index contributed by atoms with van der Waals surface area (Å²) in [6.07, 6.45) is -0.271. The normalized spacial score (nSPS) is 14.6. The summed E-state index contributed by atoms with van der Waals surface area (Å²) in [6, 6.07) is 11.1. The van der Waals surface area contributed by atoms with E-state index in [4.69, 9.17) is 9.47 Å². The molecule has 36 heavy (non-hydrogen) atoms. The molecule has 188 valence electrons. The summed E-state index contributed by atoms with van der Waals surface area (Å²) in [5.74, 6) is -4.37. The van der Waals surface area contributed by atoms with Crippen molar-refractivity contribution >= 4 is 41.0 Å². The molecule has 3 amide bonds. The monoisotopic (exact) mass is 498 g/mol. The van der Waals surface area contributed by atoms with E-state index in [2.05, 4.69) is 10.7 Å². The van der Waals surface area contributed by atoms with Crippen molar-refractivity contribution in [3.63, 3.8) is 0 Å². The molecule has 1 fully saturated rings. The Morgan fingerprint density at radius 2 is 1.78 bits per heavy atom. The summed E-state index contributed by atoms with van der Waals surface area (Å²) in [4.78, 5) is 71.1. The van der Waals surface area contributed by atoms with Crippen LogP contribution >= 0.6 is 0 Å². The molecule has 2 aromatic rings. The summed E-state index contributed by atoms with van der Waals surface area (Å²) in [5, 5.41) is 14.5. The highest BCUT2D eigenvalue weighted by Gasteiger charge is 2.37. The predicted molar refractivity (Wildman–Crippen MR) is 122 cm³/mol. The van der Waals surface area contributed by atoms with Crippen molar-refractivity contribution in [2.75, 3.05) is 25.1 Å². The lowest BCUT2D eigenvalue weighted by molar-refractivity contribution is -0.385. The first kappa shape index (κ1) is 25.8. The highest BCUT2D eigenvalue weighted by molar-refractivity contribution is 6.00. The molecule has 1 saturated heterocycles. The fourth-order valence-electron chi connectivity index (χ4n) is 3.34. The van der Waals surface area contributed by atoms with E-state index in [-0.39, 0.29) is 25.1 Å². The van der Waals surface area contributed by atoms with Gasteiger partial charge in [0, 0.05) is 18.2 Å². The molecule has 0 aromatic heterocycles. The maximum absolute atomic E-state index is 12.4. The quantitative estimate of drug-likeness (QED) is 0.294. The molecular formula is C23H22N4O9. The lowest BCUT2D eigenvalue weighted by Crippen LogP contribution is -2.43. The molecule has 0 saturated carbocycles. The number of nitrogens with zero attached hydrogens (tertiary/aromatic N) is 2. The summed E-state index contributed by atoms with van der Waals surface area (Å²) in [5.41, 5.74) is 2.27. The number of rotatable bonds is 9. The minimum Gasteiger partial charge on any atom is -0.462 e. The van der Waals surface area contributed by atoms with Crippen LogP contribution in [0.5, 0.6) is 0 Å². The largest absolute Gasteiger partial charge is 0.462 e. The minimum atomic E-state index is -0.944. The van der Waals surface area contributed by atoms with E-state index >= 15 is 0 Å². The average molecular weight is 498 g/mol. The smallest absolute Gasteiger partial charge is 0.338 e. The standard InChI is InChI=1S/C23H22N4O9/c1-2-35-22(31)14-7-9-16(10-8-14)24-19(28)13-36-23(32)15-11-20(29)26(12-15)25-21(30)17-5-3-4-6-18(17)27(33)34/h3-10,15H,2,11-13H2,1H3,(H,24,28)(H,25,30)/t15-/m1/s1. The van der Waals surface area contributed by atoms with Crippen molar-refractivity contribution in [1.29, 1.82) is 0 Å². The second-order valence-electron chi connectivity index (χ2n) is 7.57. The summed E-state index contributed by atoms with van der Waals surface area (Å²) in [6.45, 7) is 1.07. The number of carbonyl (C=O) groups excluding carboxylic acids is 5. The first-order valence-corrected chi connectivity index (χ1v) is 10.8. The average Bonchev–Trinajstić information content (AvgIpc) is 3.23. The molecule has 1 atom stereocenters. The van der Waals surface area contributed by atoms with Gasteiger partial charge in [0.15, 0.2) is 6.61 Å². The number of ether oxygens (including phenoxy) is 2. The Bertz CT molecular complexity index is 1200. The lowest BCUT2D eigenvalue weighted by atomic mass is 10.1. The van der Waals surface area contributed by atoms with Crippen molar-refractivity contribution < 1.29 is 38.4 Å². The number of amides is 3. The number of esters is 2. The molecule has 0 spiro atoms. The third kappa shape index (κ3) is 6.40. The molecule has 0 radical (unpaired) electrons. The molecule has 13 nitrogen and oxygen atoms in total. The van der Waals surface area contributed by atoms with Crippen LogP contribution in [-0.2, 0) is 23.9 Å². The topological polar surface area (TPSA) is 174 Å². The van der Waals surface area contributed by atoms with Gasteiger partial charge in [-0.2, -0.15) is 0 Å².